The maximum absolute atomic E-state index is 13.3. The van der Waals surface area contributed by atoms with Gasteiger partial charge in [-0.05, 0) is 31.4 Å². The third-order valence-electron chi connectivity index (χ3n) is 5.73. The van der Waals surface area contributed by atoms with Gasteiger partial charge in [-0.15, -0.1) is 0 Å². The molecule has 12 heteroatoms. The molecule has 1 aromatic heterocycles. The van der Waals surface area contributed by atoms with Gasteiger partial charge in [0.15, 0.2) is 5.78 Å². The molecule has 1 saturated heterocycles. The number of carbonyl (C=O) groups is 4. The maximum Gasteiger partial charge on any atom is 0.272 e. The fourth-order valence-electron chi connectivity index (χ4n) is 3.57. The van der Waals surface area contributed by atoms with E-state index in [2.05, 4.69) is 25.9 Å². The summed E-state index contributed by atoms with van der Waals surface area (Å²) in [6, 6.07) is 6.75. The number of benzene rings is 1. The SMILES string of the molecule is CSC[C@@H](NC(=O)c1cnccn1)C(=O)N[C@H](CSC)C(=O)N[C@@H](Cc1ccccc1)C(=O)[C@@]1(C)CO1. The Morgan fingerprint density at radius 2 is 1.54 bits per heavy atom. The number of ketones is 1. The third-order valence-corrected chi connectivity index (χ3v) is 7.06. The quantitative estimate of drug-likeness (QED) is 0.295. The standard InChI is InChI=1S/C25H31N5O5S2/c1-25(15-35-25)21(31)17(11-16-7-5-4-6-8-16)28-23(33)19(13-36-2)30-24(34)20(14-37-3)29-22(32)18-12-26-9-10-27-18/h4-10,12,17,19-20H,11,13-15H2,1-3H3,(H,28,33)(H,29,32)(H,30,34)/t17-,19+,20+,25+/m0/s1. The first-order valence-corrected chi connectivity index (χ1v) is 14.4. The van der Waals surface area contributed by atoms with Crippen LogP contribution in [0, 0.1) is 0 Å². The Kier molecular flexibility index (Phi) is 10.5. The molecule has 1 fully saturated rings. The molecule has 0 unspecified atom stereocenters. The molecule has 0 radical (unpaired) electrons. The number of thioether (sulfide) groups is 2. The summed E-state index contributed by atoms with van der Waals surface area (Å²) in [4.78, 5) is 59.9. The molecular formula is C25H31N5O5S2. The second kappa shape index (κ2) is 13.5. The van der Waals surface area contributed by atoms with Gasteiger partial charge in [-0.3, -0.25) is 24.2 Å². The van der Waals surface area contributed by atoms with Gasteiger partial charge in [0, 0.05) is 23.9 Å². The van der Waals surface area contributed by atoms with Crippen LogP contribution in [0.1, 0.15) is 23.0 Å². The highest BCUT2D eigenvalue weighted by Gasteiger charge is 2.50. The van der Waals surface area contributed by atoms with Gasteiger partial charge in [0.05, 0.1) is 18.8 Å². The second-order valence-electron chi connectivity index (χ2n) is 8.72. The Bertz CT molecular complexity index is 1090. The van der Waals surface area contributed by atoms with E-state index in [1.165, 1.54) is 42.1 Å². The van der Waals surface area contributed by atoms with E-state index in [1.54, 1.807) is 13.2 Å². The average Bonchev–Trinajstić information content (AvgIpc) is 3.66. The van der Waals surface area contributed by atoms with Gasteiger partial charge in [0.2, 0.25) is 11.8 Å². The smallest absolute Gasteiger partial charge is 0.272 e. The molecule has 37 heavy (non-hydrogen) atoms. The van der Waals surface area contributed by atoms with Gasteiger partial charge in [-0.2, -0.15) is 23.5 Å². The normalized spacial score (nSPS) is 18.7. The Labute approximate surface area is 224 Å². The molecule has 0 aliphatic carbocycles. The van der Waals surface area contributed by atoms with Crippen molar-refractivity contribution in [3.05, 3.63) is 60.2 Å². The first-order chi connectivity index (χ1) is 17.8. The summed E-state index contributed by atoms with van der Waals surface area (Å²) in [5, 5.41) is 8.23. The van der Waals surface area contributed by atoms with Crippen LogP contribution in [0.2, 0.25) is 0 Å². The predicted molar refractivity (Wildman–Crippen MR) is 143 cm³/mol. The van der Waals surface area contributed by atoms with Crippen LogP contribution in [0.3, 0.4) is 0 Å². The molecule has 0 saturated carbocycles. The first kappa shape index (κ1) is 28.6. The molecule has 1 aromatic carbocycles. The largest absolute Gasteiger partial charge is 0.361 e. The number of hydrogen-bond donors (Lipinski definition) is 3. The summed E-state index contributed by atoms with van der Waals surface area (Å²) >= 11 is 2.75. The van der Waals surface area contributed by atoms with Gasteiger partial charge < -0.3 is 20.7 Å². The number of nitrogens with one attached hydrogen (secondary N) is 3. The summed E-state index contributed by atoms with van der Waals surface area (Å²) in [5.74, 6) is -1.18. The predicted octanol–water partition coefficient (Wildman–Crippen LogP) is 0.871. The van der Waals surface area contributed by atoms with E-state index in [4.69, 9.17) is 4.74 Å². The molecule has 0 spiro atoms. The Morgan fingerprint density at radius 1 is 0.946 bits per heavy atom. The van der Waals surface area contributed by atoms with Crippen molar-refractivity contribution in [1.29, 1.82) is 0 Å². The lowest BCUT2D eigenvalue weighted by atomic mass is 9.94. The lowest BCUT2D eigenvalue weighted by Gasteiger charge is -2.25. The van der Waals surface area contributed by atoms with E-state index in [0.29, 0.717) is 13.0 Å². The highest BCUT2D eigenvalue weighted by Crippen LogP contribution is 2.29. The minimum atomic E-state index is -0.918. The van der Waals surface area contributed by atoms with Gasteiger partial charge in [-0.1, -0.05) is 30.3 Å². The van der Waals surface area contributed by atoms with E-state index < -0.39 is 41.4 Å². The van der Waals surface area contributed by atoms with E-state index in [9.17, 15) is 19.2 Å². The van der Waals surface area contributed by atoms with Crippen LogP contribution in [0.5, 0.6) is 0 Å². The van der Waals surface area contributed by atoms with Crippen LogP contribution < -0.4 is 16.0 Å². The van der Waals surface area contributed by atoms with Crippen molar-refractivity contribution in [2.75, 3.05) is 30.6 Å². The van der Waals surface area contributed by atoms with Gasteiger partial charge in [0.25, 0.3) is 5.91 Å². The van der Waals surface area contributed by atoms with Crippen molar-refractivity contribution < 1.29 is 23.9 Å². The van der Waals surface area contributed by atoms with Crippen LogP contribution in [0.25, 0.3) is 0 Å². The molecule has 3 rings (SSSR count). The summed E-state index contributed by atoms with van der Waals surface area (Å²) in [6.07, 6.45) is 8.06. The molecule has 3 N–H and O–H groups in total. The Balaban J connectivity index is 1.70. The molecule has 1 aliphatic rings. The third kappa shape index (κ3) is 8.27. The number of amides is 3. The van der Waals surface area contributed by atoms with Crippen molar-refractivity contribution >= 4 is 47.0 Å². The van der Waals surface area contributed by atoms with Crippen LogP contribution in [-0.2, 0) is 25.5 Å². The van der Waals surface area contributed by atoms with Gasteiger partial charge in [-0.25, -0.2) is 4.98 Å². The maximum atomic E-state index is 13.3. The van der Waals surface area contributed by atoms with Crippen LogP contribution >= 0.6 is 23.5 Å². The van der Waals surface area contributed by atoms with E-state index >= 15 is 0 Å². The molecule has 2 aromatic rings. The molecule has 4 atom stereocenters. The molecule has 10 nitrogen and oxygen atoms in total. The Morgan fingerprint density at radius 3 is 2.08 bits per heavy atom. The number of hydrogen-bond acceptors (Lipinski definition) is 9. The number of epoxide rings is 1. The molecule has 3 amide bonds. The van der Waals surface area contributed by atoms with Crippen molar-refractivity contribution in [3.8, 4) is 0 Å². The van der Waals surface area contributed by atoms with Gasteiger partial charge in [0.1, 0.15) is 23.4 Å². The minimum absolute atomic E-state index is 0.0814. The Hall–Kier alpha value is -2.96. The monoisotopic (exact) mass is 545 g/mol. The van der Waals surface area contributed by atoms with Gasteiger partial charge >= 0.3 is 0 Å². The summed E-state index contributed by atoms with van der Waals surface area (Å²) in [7, 11) is 0. The van der Waals surface area contributed by atoms with E-state index in [-0.39, 0.29) is 23.0 Å². The fraction of sp³-hybridized carbons (Fsp3) is 0.440. The lowest BCUT2D eigenvalue weighted by molar-refractivity contribution is -0.132. The number of Topliss-reactive ketones (excluding diaryl/α,β-unsaturated/α-hetero) is 1. The second-order valence-corrected chi connectivity index (χ2v) is 10.5. The molecule has 2 heterocycles. The van der Waals surface area contributed by atoms with Crippen molar-refractivity contribution in [2.24, 2.45) is 0 Å². The van der Waals surface area contributed by atoms with E-state index in [1.807, 2.05) is 36.6 Å². The lowest BCUT2D eigenvalue weighted by Crippen LogP contribution is -2.58. The highest BCUT2D eigenvalue weighted by atomic mass is 32.2. The first-order valence-electron chi connectivity index (χ1n) is 11.6. The number of carbonyl (C=O) groups excluding carboxylic acids is 4. The average molecular weight is 546 g/mol. The van der Waals surface area contributed by atoms with Crippen molar-refractivity contribution in [2.45, 2.75) is 37.1 Å². The zero-order chi connectivity index (χ0) is 26.8. The van der Waals surface area contributed by atoms with E-state index in [0.717, 1.165) is 5.56 Å². The summed E-state index contributed by atoms with van der Waals surface area (Å²) in [5.41, 5.74) is 0.0550. The fourth-order valence-corrected chi connectivity index (χ4v) is 4.71. The molecule has 0 bridgehead atoms. The summed E-state index contributed by atoms with van der Waals surface area (Å²) < 4.78 is 5.34. The number of rotatable bonds is 14. The van der Waals surface area contributed by atoms with Crippen LogP contribution in [0.4, 0.5) is 0 Å². The van der Waals surface area contributed by atoms with Crippen LogP contribution in [0.15, 0.2) is 48.9 Å². The zero-order valence-electron chi connectivity index (χ0n) is 20.9. The molecule has 198 valence electrons. The van der Waals surface area contributed by atoms with Crippen molar-refractivity contribution in [3.63, 3.8) is 0 Å². The zero-order valence-corrected chi connectivity index (χ0v) is 22.6. The topological polar surface area (TPSA) is 143 Å². The van der Waals surface area contributed by atoms with Crippen molar-refractivity contribution in [1.82, 2.24) is 25.9 Å². The highest BCUT2D eigenvalue weighted by molar-refractivity contribution is 7.98. The summed E-state index contributed by atoms with van der Waals surface area (Å²) in [6.45, 7) is 2.01. The number of aromatic nitrogens is 2. The number of nitrogens with zero attached hydrogens (tertiary/aromatic N) is 2. The molecular weight excluding hydrogens is 514 g/mol. The number of ether oxygens (including phenoxy) is 1. The minimum Gasteiger partial charge on any atom is -0.361 e. The van der Waals surface area contributed by atoms with Crippen LogP contribution in [-0.4, -0.2) is 87.8 Å². The molecule has 1 aliphatic heterocycles.